The fraction of sp³-hybridized carbons (Fsp3) is 0.342. The van der Waals surface area contributed by atoms with E-state index in [-0.39, 0.29) is 35.9 Å². The van der Waals surface area contributed by atoms with E-state index in [0.717, 1.165) is 96.6 Å². The molecule has 0 radical (unpaired) electrons. The van der Waals surface area contributed by atoms with Gasteiger partial charge in [-0.3, -0.25) is 38.9 Å². The molecule has 12 heterocycles. The Morgan fingerprint density at radius 3 is 1.25 bits per heavy atom. The van der Waals surface area contributed by atoms with Crippen molar-refractivity contribution in [2.75, 3.05) is 88.1 Å². The van der Waals surface area contributed by atoms with Gasteiger partial charge in [0.05, 0.1) is 73.9 Å². The molecule has 4 saturated heterocycles. The summed E-state index contributed by atoms with van der Waals surface area (Å²) in [6, 6.07) is 17.1. The van der Waals surface area contributed by atoms with Gasteiger partial charge >= 0.3 is 0 Å². The van der Waals surface area contributed by atoms with Gasteiger partial charge in [0.15, 0.2) is 0 Å². The lowest BCUT2D eigenvalue weighted by molar-refractivity contribution is -0.137. The summed E-state index contributed by atoms with van der Waals surface area (Å²) < 4.78 is 66.5. The number of amides is 4. The molecule has 4 fully saturated rings. The van der Waals surface area contributed by atoms with E-state index in [2.05, 4.69) is 75.5 Å². The number of halogens is 3. The number of aryl methyl sites for hydroxylation is 3. The number of primary amides is 3. The summed E-state index contributed by atoms with van der Waals surface area (Å²) >= 11 is 3.66. The molecule has 0 unspecified atom stereocenters. The second-order valence-electron chi connectivity index (χ2n) is 26.0. The van der Waals surface area contributed by atoms with Crippen LogP contribution in [0.25, 0.3) is 30.6 Å². The van der Waals surface area contributed by atoms with Gasteiger partial charge in [-0.15, -0.1) is 34.0 Å². The van der Waals surface area contributed by atoms with Gasteiger partial charge in [0.2, 0.25) is 5.91 Å². The molecule has 33 heteroatoms. The van der Waals surface area contributed by atoms with E-state index in [4.69, 9.17) is 36.1 Å². The highest BCUT2D eigenvalue weighted by atomic mass is 32.1. The molecule has 8 aromatic heterocycles. The Labute approximate surface area is 619 Å². The number of hydrogen-bond acceptors (Lipinski definition) is 25. The van der Waals surface area contributed by atoms with Crippen molar-refractivity contribution in [1.29, 1.82) is 0 Å². The summed E-state index contributed by atoms with van der Waals surface area (Å²) in [4.78, 5) is 97.0. The van der Waals surface area contributed by atoms with Gasteiger partial charge in [-0.25, -0.2) is 48.1 Å². The number of carbonyl (C=O) groups is 4. The van der Waals surface area contributed by atoms with Crippen LogP contribution in [0.4, 0.5) is 47.7 Å². The molecule has 0 saturated carbocycles. The van der Waals surface area contributed by atoms with Gasteiger partial charge < -0.3 is 62.0 Å². The van der Waals surface area contributed by atoms with E-state index >= 15 is 0 Å². The summed E-state index contributed by atoms with van der Waals surface area (Å²) in [7, 11) is 0. The number of aromatic amines is 1. The largest absolute Gasteiger partial charge is 0.488 e. The lowest BCUT2D eigenvalue weighted by Crippen LogP contribution is -2.48. The minimum Gasteiger partial charge on any atom is -0.488 e. The molecule has 0 spiro atoms. The van der Waals surface area contributed by atoms with Crippen LogP contribution in [0.1, 0.15) is 95.5 Å². The predicted molar refractivity (Wildman–Crippen MR) is 399 cm³/mol. The monoisotopic (exact) mass is 1500 g/mol. The number of rotatable bonds is 21. The van der Waals surface area contributed by atoms with Crippen molar-refractivity contribution >= 4 is 123 Å². The normalized spacial score (nSPS) is 15.7. The van der Waals surface area contributed by atoms with Crippen LogP contribution in [0.2, 0.25) is 0 Å². The zero-order valence-corrected chi connectivity index (χ0v) is 60.7. The van der Waals surface area contributed by atoms with Crippen molar-refractivity contribution < 1.29 is 51.3 Å². The SMILES string of the molecule is Cc1c(C(N)=O)sc2ncnc(Nc3ccc(F)cc3OC3CCN(CC(=O)N4CCOCC4)CC3)c12.Cc1c(C(N)=O)sc2ncnc(Nc3ccc(F)cc3OC3CCN(Cc4ccncc4)CC3)c12.Cc1c(C(N)=O)sc2ncnc(Nc3ccc(F)cc3OC3CCN(Cc4cnc[nH]4)CC3)c12. The number of hydrogen-bond donors (Lipinski definition) is 7. The van der Waals surface area contributed by atoms with Crippen LogP contribution in [0, 0.1) is 38.2 Å². The number of nitrogens with one attached hydrogen (secondary N) is 4. The molecule has 10 N–H and O–H groups in total. The maximum absolute atomic E-state index is 14.2. The average Bonchev–Trinajstić information content (AvgIpc) is 1.63. The molecule has 11 aromatic rings. The summed E-state index contributed by atoms with van der Waals surface area (Å²) in [5.74, 6) is 0.152. The van der Waals surface area contributed by atoms with Gasteiger partial charge in [-0.2, -0.15) is 0 Å². The molecule has 106 heavy (non-hydrogen) atoms. The second-order valence-corrected chi connectivity index (χ2v) is 29.0. The molecule has 15 rings (SSSR count). The van der Waals surface area contributed by atoms with Gasteiger partial charge in [0, 0.05) is 108 Å². The standard InChI is InChI=1S/C25H29FN6O4S.C25H25FN6O2S.C23H24FN7O2S/c1-15-21-24(28-14-29-25(21)37-22(15)23(27)34)30-18-3-2-16(26)12-19(18)36-17-4-6-31(7-5-17)13-20(33)32-8-10-35-11-9-32;1-15-21-24(29-14-30-25(21)35-22(15)23(27)33)31-19-3-2-17(26)12-20(19)34-18-6-10-32(11-7-18)13-16-4-8-28-9-5-16;1-13-19-22(28-12-29-23(19)34-20(13)21(25)32)30-17-3-2-14(24)8-18(17)33-16-4-6-31(7-5-16)10-15-9-26-11-27-15/h2-3,12,14,17H,4-11,13H2,1H3,(H2,27,34)(H,28,29,30);2-5,8-9,12,14,18H,6-7,10-11,13H2,1H3,(H2,27,33)(H,29,30,31);2-3,8-9,11-12,16H,4-7,10H2,1H3,(H2,25,32)(H,26,27)(H,28,29,30). The Morgan fingerprint density at radius 2 is 0.887 bits per heavy atom. The predicted octanol–water partition coefficient (Wildman–Crippen LogP) is 10.9. The Morgan fingerprint density at radius 1 is 0.509 bits per heavy atom. The number of aromatic nitrogens is 9. The quantitative estimate of drug-likeness (QED) is 0.0351. The molecule has 4 amide bonds. The molecule has 4 aliphatic heterocycles. The van der Waals surface area contributed by atoms with Crippen molar-refractivity contribution in [3.8, 4) is 17.2 Å². The van der Waals surface area contributed by atoms with Crippen LogP contribution in [0.15, 0.2) is 111 Å². The number of nitrogens with two attached hydrogens (primary N) is 3. The van der Waals surface area contributed by atoms with Crippen LogP contribution in [-0.4, -0.2) is 179 Å². The minimum atomic E-state index is -0.518. The van der Waals surface area contributed by atoms with E-state index in [1.165, 1.54) is 95.0 Å². The van der Waals surface area contributed by atoms with E-state index in [1.54, 1.807) is 43.8 Å². The average molecular weight is 1500 g/mol. The van der Waals surface area contributed by atoms with E-state index in [1.807, 2.05) is 37.1 Å². The number of imidazole rings is 1. The maximum atomic E-state index is 14.2. The zero-order valence-electron chi connectivity index (χ0n) is 58.3. The van der Waals surface area contributed by atoms with Crippen LogP contribution in [0.3, 0.4) is 0 Å². The lowest BCUT2D eigenvalue weighted by atomic mass is 10.1. The third-order valence-electron chi connectivity index (χ3n) is 18.8. The van der Waals surface area contributed by atoms with Gasteiger partial charge in [0.25, 0.3) is 17.7 Å². The maximum Gasteiger partial charge on any atom is 0.259 e. The minimum absolute atomic E-state index is 0.0270. The Bertz CT molecular complexity index is 4950. The smallest absolute Gasteiger partial charge is 0.259 e. The van der Waals surface area contributed by atoms with Crippen molar-refractivity contribution in [3.63, 3.8) is 0 Å². The molecule has 4 aliphatic rings. The number of fused-ring (bicyclic) bond motifs is 3. The fourth-order valence-corrected chi connectivity index (χ4v) is 16.2. The first kappa shape index (κ1) is 73.8. The van der Waals surface area contributed by atoms with Crippen molar-refractivity contribution in [3.05, 3.63) is 171 Å². The van der Waals surface area contributed by atoms with E-state index < -0.39 is 23.5 Å². The summed E-state index contributed by atoms with van der Waals surface area (Å²) in [5, 5.41) is 11.9. The number of piperidine rings is 3. The number of ether oxygens (including phenoxy) is 4. The molecule has 552 valence electrons. The van der Waals surface area contributed by atoms with Gasteiger partial charge in [0.1, 0.15) is 104 Å². The fourth-order valence-electron chi connectivity index (χ4n) is 13.2. The number of pyridine rings is 1. The summed E-state index contributed by atoms with van der Waals surface area (Å²) in [6.45, 7) is 14.9. The highest BCUT2D eigenvalue weighted by Crippen LogP contribution is 2.41. The van der Waals surface area contributed by atoms with Crippen molar-refractivity contribution in [1.82, 2.24) is 64.5 Å². The number of anilines is 6. The number of thiophene rings is 3. The van der Waals surface area contributed by atoms with Crippen molar-refractivity contribution in [2.24, 2.45) is 17.2 Å². The Balaban J connectivity index is 0.000000141. The second kappa shape index (κ2) is 33.7. The summed E-state index contributed by atoms with van der Waals surface area (Å²) in [5.41, 5.74) is 22.7. The molecule has 0 aliphatic carbocycles. The molecule has 0 atom stereocenters. The first-order chi connectivity index (χ1) is 51.3. The van der Waals surface area contributed by atoms with Crippen LogP contribution in [-0.2, 0) is 22.6 Å². The number of benzene rings is 3. The van der Waals surface area contributed by atoms with Gasteiger partial charge in [-0.05, 0) is 130 Å². The summed E-state index contributed by atoms with van der Waals surface area (Å²) in [6.07, 6.45) is 16.0. The number of carbonyl (C=O) groups excluding carboxylic acids is 4. The number of morpholine rings is 1. The van der Waals surface area contributed by atoms with Crippen molar-refractivity contribution in [2.45, 2.75) is 90.7 Å². The molecule has 0 bridgehead atoms. The third-order valence-corrected chi connectivity index (χ3v) is 22.4. The first-order valence-electron chi connectivity index (χ1n) is 34.5. The molecule has 27 nitrogen and oxygen atoms in total. The number of nitrogens with zero attached hydrogens (tertiary/aromatic N) is 12. The van der Waals surface area contributed by atoms with E-state index in [0.29, 0.717) is 147 Å². The molecular weight excluding hydrogens is 1420 g/mol. The number of likely N-dealkylation sites (tertiary alicyclic amines) is 3. The molecular formula is C73H78F3N19O8S3. The topological polar surface area (TPSA) is 351 Å². The first-order valence-corrected chi connectivity index (χ1v) is 37.0. The highest BCUT2D eigenvalue weighted by molar-refractivity contribution is 7.21. The number of H-pyrrole nitrogens is 1. The highest BCUT2D eigenvalue weighted by Gasteiger charge is 2.30. The van der Waals surface area contributed by atoms with Gasteiger partial charge in [-0.1, -0.05) is 0 Å². The molecule has 3 aromatic carbocycles. The third kappa shape index (κ3) is 17.9. The Kier molecular flexibility index (Phi) is 23.4. The zero-order chi connectivity index (χ0) is 74.0. The Hall–Kier alpha value is -10.6. The van der Waals surface area contributed by atoms with Crippen LogP contribution in [0.5, 0.6) is 17.2 Å². The van der Waals surface area contributed by atoms with E-state index in [9.17, 15) is 32.3 Å². The van der Waals surface area contributed by atoms with Crippen LogP contribution >= 0.6 is 34.0 Å². The lowest BCUT2D eigenvalue weighted by Gasteiger charge is -2.34. The van der Waals surface area contributed by atoms with Crippen LogP contribution < -0.4 is 47.4 Å².